The molecule has 9 heteroatoms. The maximum Gasteiger partial charge on any atom is 0.233 e. The zero-order valence-corrected chi connectivity index (χ0v) is 18.3. The Hall–Kier alpha value is -1.91. The van der Waals surface area contributed by atoms with Gasteiger partial charge in [0.1, 0.15) is 0 Å². The molecule has 1 saturated carbocycles. The Morgan fingerprint density at radius 2 is 1.89 bits per heavy atom. The average molecular weight is 498 g/mol. The standard InChI is InChI=1S/C19H26N6O2.HI/c1-2-20-19(21-7-10-24-9-3-6-23-24)22-8-11-25-17(26)15-13-4-5-14(12-13)16(15)18(25)27;/h3-6,9,13-16H,2,7-8,10-12H2,1H3,(H2,20,21,22);1H. The van der Waals surface area contributed by atoms with Gasteiger partial charge in [-0.3, -0.25) is 24.2 Å². The van der Waals surface area contributed by atoms with Crippen LogP contribution in [-0.4, -0.2) is 58.6 Å². The molecule has 28 heavy (non-hydrogen) atoms. The fraction of sp³-hybridized carbons (Fsp3) is 0.579. The Morgan fingerprint density at radius 1 is 1.18 bits per heavy atom. The highest BCUT2D eigenvalue weighted by Gasteiger charge is 2.58. The first-order valence-electron chi connectivity index (χ1n) is 9.72. The van der Waals surface area contributed by atoms with Crippen LogP contribution < -0.4 is 10.6 Å². The lowest BCUT2D eigenvalue weighted by molar-refractivity contribution is -0.140. The number of fused-ring (bicyclic) bond motifs is 5. The van der Waals surface area contributed by atoms with Crippen molar-refractivity contribution in [1.82, 2.24) is 25.3 Å². The molecule has 0 aromatic carbocycles. The first kappa shape index (κ1) is 20.8. The number of rotatable bonds is 7. The fourth-order valence-corrected chi connectivity index (χ4v) is 4.51. The molecule has 4 unspecified atom stereocenters. The maximum absolute atomic E-state index is 12.7. The molecule has 152 valence electrons. The van der Waals surface area contributed by atoms with Crippen molar-refractivity contribution in [3.63, 3.8) is 0 Å². The Morgan fingerprint density at radius 3 is 2.50 bits per heavy atom. The van der Waals surface area contributed by atoms with Crippen molar-refractivity contribution in [3.8, 4) is 0 Å². The minimum Gasteiger partial charge on any atom is -0.357 e. The smallest absolute Gasteiger partial charge is 0.233 e. The van der Waals surface area contributed by atoms with E-state index in [1.54, 1.807) is 6.20 Å². The van der Waals surface area contributed by atoms with E-state index in [0.29, 0.717) is 32.1 Å². The van der Waals surface area contributed by atoms with E-state index in [2.05, 4.69) is 32.9 Å². The summed E-state index contributed by atoms with van der Waals surface area (Å²) in [5.41, 5.74) is 0. The van der Waals surface area contributed by atoms with Gasteiger partial charge in [0.2, 0.25) is 11.8 Å². The summed E-state index contributed by atoms with van der Waals surface area (Å²) in [5.74, 6) is 0.970. The second kappa shape index (κ2) is 9.06. The molecule has 2 heterocycles. The summed E-state index contributed by atoms with van der Waals surface area (Å²) in [5, 5.41) is 10.6. The zero-order valence-electron chi connectivity index (χ0n) is 16.0. The number of allylic oxidation sites excluding steroid dienone is 2. The second-order valence-corrected chi connectivity index (χ2v) is 7.28. The molecule has 2 fully saturated rings. The molecule has 1 aromatic heterocycles. The summed E-state index contributed by atoms with van der Waals surface area (Å²) in [6.45, 7) is 4.92. The summed E-state index contributed by atoms with van der Waals surface area (Å²) in [6.07, 6.45) is 8.85. The van der Waals surface area contributed by atoms with E-state index < -0.39 is 0 Å². The van der Waals surface area contributed by atoms with Gasteiger partial charge in [-0.1, -0.05) is 12.2 Å². The lowest BCUT2D eigenvalue weighted by atomic mass is 9.85. The van der Waals surface area contributed by atoms with Crippen molar-refractivity contribution in [2.24, 2.45) is 28.7 Å². The van der Waals surface area contributed by atoms with Crippen molar-refractivity contribution in [3.05, 3.63) is 30.6 Å². The summed E-state index contributed by atoms with van der Waals surface area (Å²) < 4.78 is 1.83. The van der Waals surface area contributed by atoms with Crippen LogP contribution in [0.5, 0.6) is 0 Å². The van der Waals surface area contributed by atoms with Crippen LogP contribution in [0.3, 0.4) is 0 Å². The van der Waals surface area contributed by atoms with Crippen LogP contribution in [-0.2, 0) is 16.1 Å². The van der Waals surface area contributed by atoms with Crippen molar-refractivity contribution in [2.45, 2.75) is 19.9 Å². The number of likely N-dealkylation sites (tertiary alicyclic amines) is 1. The molecule has 2 bridgehead atoms. The van der Waals surface area contributed by atoms with Crippen LogP contribution in [0.1, 0.15) is 13.3 Å². The first-order valence-corrected chi connectivity index (χ1v) is 9.72. The number of hydrogen-bond acceptors (Lipinski definition) is 4. The van der Waals surface area contributed by atoms with Crippen LogP contribution in [0.2, 0.25) is 0 Å². The van der Waals surface area contributed by atoms with Crippen molar-refractivity contribution >= 4 is 41.8 Å². The third kappa shape index (κ3) is 3.94. The lowest BCUT2D eigenvalue weighted by Gasteiger charge is -2.18. The molecule has 2 N–H and O–H groups in total. The van der Waals surface area contributed by atoms with Gasteiger partial charge in [0.15, 0.2) is 5.96 Å². The predicted molar refractivity (Wildman–Crippen MR) is 116 cm³/mol. The molecule has 0 spiro atoms. The predicted octanol–water partition coefficient (Wildman–Crippen LogP) is 0.863. The minimum absolute atomic E-state index is 0. The molecule has 3 aliphatic rings. The summed E-state index contributed by atoms with van der Waals surface area (Å²) in [6, 6.07) is 1.88. The summed E-state index contributed by atoms with van der Waals surface area (Å²) >= 11 is 0. The topological polar surface area (TPSA) is 91.6 Å². The minimum atomic E-state index is -0.122. The summed E-state index contributed by atoms with van der Waals surface area (Å²) in [4.78, 5) is 31.3. The highest BCUT2D eigenvalue weighted by atomic mass is 127. The van der Waals surface area contributed by atoms with Gasteiger partial charge in [0.25, 0.3) is 0 Å². The molecule has 4 rings (SSSR count). The van der Waals surface area contributed by atoms with Crippen LogP contribution >= 0.6 is 24.0 Å². The van der Waals surface area contributed by atoms with Gasteiger partial charge in [-0.25, -0.2) is 0 Å². The SMILES string of the molecule is CCNC(=NCCn1cccn1)NCCN1C(=O)C2C3C=CC(C3)C2C1=O.I. The molecule has 1 saturated heterocycles. The number of carbonyl (C=O) groups excluding carboxylic acids is 2. The molecule has 1 aliphatic heterocycles. The van der Waals surface area contributed by atoms with E-state index in [1.807, 2.05) is 23.9 Å². The first-order chi connectivity index (χ1) is 13.2. The molecular formula is C19H27IN6O2. The number of nitrogens with one attached hydrogen (secondary N) is 2. The molecular weight excluding hydrogens is 471 g/mol. The maximum atomic E-state index is 12.7. The van der Waals surface area contributed by atoms with Crippen LogP contribution in [0.4, 0.5) is 0 Å². The van der Waals surface area contributed by atoms with Crippen LogP contribution in [0.15, 0.2) is 35.6 Å². The average Bonchev–Trinajstić information content (AvgIpc) is 3.43. The van der Waals surface area contributed by atoms with Gasteiger partial charge in [0.05, 0.1) is 24.9 Å². The highest BCUT2D eigenvalue weighted by Crippen LogP contribution is 2.52. The van der Waals surface area contributed by atoms with Gasteiger partial charge in [-0.15, -0.1) is 24.0 Å². The number of amides is 2. The Balaban J connectivity index is 0.00000225. The quantitative estimate of drug-likeness (QED) is 0.191. The fourth-order valence-electron chi connectivity index (χ4n) is 4.51. The number of aromatic nitrogens is 2. The van der Waals surface area contributed by atoms with Gasteiger partial charge >= 0.3 is 0 Å². The van der Waals surface area contributed by atoms with Crippen molar-refractivity contribution in [2.75, 3.05) is 26.2 Å². The number of nitrogens with zero attached hydrogens (tertiary/aromatic N) is 4. The Labute approximate surface area is 181 Å². The highest BCUT2D eigenvalue weighted by molar-refractivity contribution is 14.0. The normalized spacial score (nSPS) is 27.9. The number of hydrogen-bond donors (Lipinski definition) is 2. The molecule has 4 atom stereocenters. The van der Waals surface area contributed by atoms with Gasteiger partial charge in [-0.05, 0) is 31.2 Å². The second-order valence-electron chi connectivity index (χ2n) is 7.28. The van der Waals surface area contributed by atoms with E-state index in [4.69, 9.17) is 0 Å². The lowest BCUT2D eigenvalue weighted by Crippen LogP contribution is -2.43. The molecule has 8 nitrogen and oxygen atoms in total. The Bertz CT molecular complexity index is 732. The third-order valence-electron chi connectivity index (χ3n) is 5.69. The molecule has 2 aliphatic carbocycles. The van der Waals surface area contributed by atoms with Crippen molar-refractivity contribution in [1.29, 1.82) is 0 Å². The van der Waals surface area contributed by atoms with Gasteiger partial charge in [-0.2, -0.15) is 5.10 Å². The van der Waals surface area contributed by atoms with E-state index in [0.717, 1.165) is 13.0 Å². The Kier molecular flexibility index (Phi) is 6.73. The zero-order chi connectivity index (χ0) is 18.8. The molecule has 0 radical (unpaired) electrons. The number of aliphatic imine (C=N–C) groups is 1. The number of imide groups is 1. The van der Waals surface area contributed by atoms with Gasteiger partial charge in [0, 0.05) is 32.0 Å². The van der Waals surface area contributed by atoms with E-state index in [-0.39, 0.29) is 59.5 Å². The van der Waals surface area contributed by atoms with Crippen LogP contribution in [0.25, 0.3) is 0 Å². The number of carbonyl (C=O) groups is 2. The van der Waals surface area contributed by atoms with E-state index >= 15 is 0 Å². The van der Waals surface area contributed by atoms with Crippen LogP contribution in [0, 0.1) is 23.7 Å². The third-order valence-corrected chi connectivity index (χ3v) is 5.69. The van der Waals surface area contributed by atoms with E-state index in [1.165, 1.54) is 4.90 Å². The summed E-state index contributed by atoms with van der Waals surface area (Å²) in [7, 11) is 0. The monoisotopic (exact) mass is 498 g/mol. The van der Waals surface area contributed by atoms with Gasteiger partial charge < -0.3 is 10.6 Å². The number of guanidine groups is 1. The molecule has 1 aromatic rings. The molecule has 2 amide bonds. The van der Waals surface area contributed by atoms with E-state index in [9.17, 15) is 9.59 Å². The number of halogens is 1. The largest absolute Gasteiger partial charge is 0.357 e. The van der Waals surface area contributed by atoms with Crippen molar-refractivity contribution < 1.29 is 9.59 Å².